The maximum atomic E-state index is 14.6. The molecule has 0 aliphatic heterocycles. The van der Waals surface area contributed by atoms with E-state index in [-0.39, 0.29) is 5.56 Å². The highest BCUT2D eigenvalue weighted by Gasteiger charge is 2.24. The molecule has 0 amide bonds. The average Bonchev–Trinajstić information content (AvgIpc) is 3.11. The molecule has 0 radical (unpaired) electrons. The van der Waals surface area contributed by atoms with Gasteiger partial charge in [-0.15, -0.1) is 11.3 Å². The number of hydrogen-bond acceptors (Lipinski definition) is 2. The van der Waals surface area contributed by atoms with Crippen molar-refractivity contribution >= 4 is 45.5 Å². The highest BCUT2D eigenvalue weighted by molar-refractivity contribution is 7.23. The Balaban J connectivity index is 1.81. The lowest BCUT2D eigenvalue weighted by Crippen LogP contribution is -2.38. The molecule has 0 N–H and O–H groups in total. The predicted molar refractivity (Wildman–Crippen MR) is 136 cm³/mol. The van der Waals surface area contributed by atoms with Crippen LogP contribution in [0.15, 0.2) is 60.8 Å². The van der Waals surface area contributed by atoms with E-state index in [9.17, 15) is 13.2 Å². The number of hydrogen-bond donors (Lipinski definition) is 0. The number of aromatic nitrogens is 1. The number of rotatable bonds is 3. The number of halogens is 3. The van der Waals surface area contributed by atoms with Crippen molar-refractivity contribution in [2.45, 2.75) is 26.6 Å². The number of nitrogens with zero attached hydrogens (tertiary/aromatic N) is 1. The van der Waals surface area contributed by atoms with Crippen LogP contribution < -0.4 is 5.19 Å². The Morgan fingerprint density at radius 3 is 2.33 bits per heavy atom. The molecule has 5 aromatic rings. The van der Waals surface area contributed by atoms with Crippen molar-refractivity contribution in [1.82, 2.24) is 4.98 Å². The van der Waals surface area contributed by atoms with E-state index in [0.717, 1.165) is 38.9 Å². The Hall–Kier alpha value is -2.96. The van der Waals surface area contributed by atoms with Crippen molar-refractivity contribution in [2.24, 2.45) is 0 Å². The van der Waals surface area contributed by atoms with Gasteiger partial charge in [0.2, 0.25) is 0 Å². The van der Waals surface area contributed by atoms with Gasteiger partial charge in [-0.2, -0.15) is 0 Å². The lowest BCUT2D eigenvalue weighted by molar-refractivity contribution is 0.499. The Kier molecular flexibility index (Phi) is 5.18. The summed E-state index contributed by atoms with van der Waals surface area (Å²) in [7, 11) is -1.67. The summed E-state index contributed by atoms with van der Waals surface area (Å²) in [6, 6.07) is 16.3. The van der Waals surface area contributed by atoms with Crippen LogP contribution in [-0.4, -0.2) is 13.1 Å². The summed E-state index contributed by atoms with van der Waals surface area (Å²) < 4.78 is 44.0. The normalized spacial score (nSPS) is 12.1. The van der Waals surface area contributed by atoms with Gasteiger partial charge >= 0.3 is 0 Å². The number of aryl methyl sites for hydroxylation is 1. The third-order valence-corrected chi connectivity index (χ3v) is 9.43. The van der Waals surface area contributed by atoms with Gasteiger partial charge in [0.15, 0.2) is 11.6 Å². The van der Waals surface area contributed by atoms with Crippen LogP contribution in [0.3, 0.4) is 0 Å². The molecule has 1 nitrogen and oxygen atoms in total. The third-order valence-electron chi connectivity index (χ3n) is 6.07. The van der Waals surface area contributed by atoms with Crippen molar-refractivity contribution < 1.29 is 13.2 Å². The van der Waals surface area contributed by atoms with Crippen molar-refractivity contribution in [3.63, 3.8) is 0 Å². The van der Waals surface area contributed by atoms with Crippen LogP contribution in [0.25, 0.3) is 42.6 Å². The smallest absolute Gasteiger partial charge is 0.170 e. The van der Waals surface area contributed by atoms with E-state index >= 15 is 0 Å². The largest absolute Gasteiger partial charge is 0.255 e. The maximum absolute atomic E-state index is 14.6. The minimum absolute atomic E-state index is 0.319. The Morgan fingerprint density at radius 1 is 0.848 bits per heavy atom. The third kappa shape index (κ3) is 3.58. The van der Waals surface area contributed by atoms with Crippen LogP contribution in [0.1, 0.15) is 5.56 Å². The van der Waals surface area contributed by atoms with E-state index in [1.807, 2.05) is 19.1 Å². The van der Waals surface area contributed by atoms with Gasteiger partial charge in [0, 0.05) is 16.6 Å². The van der Waals surface area contributed by atoms with Gasteiger partial charge < -0.3 is 0 Å². The van der Waals surface area contributed by atoms with Crippen LogP contribution >= 0.6 is 11.3 Å². The minimum Gasteiger partial charge on any atom is -0.255 e. The van der Waals surface area contributed by atoms with Gasteiger partial charge in [-0.25, -0.2) is 13.2 Å². The average molecular weight is 478 g/mol. The molecule has 0 aliphatic carbocycles. The standard InChI is InChI=1S/C27H22F3NSSi/c1-15-18-11-12-31-25(27(18)32-26(15)23-20(28)9-10-21(29)24(23)30)17-13-16-7-5-6-8-19(16)22(14-17)33(2,3)4/h5-14H,1-4H3. The summed E-state index contributed by atoms with van der Waals surface area (Å²) in [6.07, 6.45) is 1.73. The van der Waals surface area contributed by atoms with E-state index in [1.165, 1.54) is 21.9 Å². The molecule has 0 atom stereocenters. The Bertz CT molecular complexity index is 1550. The fourth-order valence-electron chi connectivity index (χ4n) is 4.39. The summed E-state index contributed by atoms with van der Waals surface area (Å²) in [6.45, 7) is 8.76. The lowest BCUT2D eigenvalue weighted by Gasteiger charge is -2.21. The van der Waals surface area contributed by atoms with Crippen LogP contribution in [0.2, 0.25) is 19.6 Å². The van der Waals surface area contributed by atoms with E-state index in [0.29, 0.717) is 10.4 Å². The van der Waals surface area contributed by atoms with Gasteiger partial charge in [-0.05, 0) is 52.9 Å². The molecule has 0 unspecified atom stereocenters. The first kappa shape index (κ1) is 21.9. The molecule has 0 fully saturated rings. The molecule has 0 saturated heterocycles. The zero-order valence-corrected chi connectivity index (χ0v) is 20.6. The second-order valence-corrected chi connectivity index (χ2v) is 15.4. The van der Waals surface area contributed by atoms with E-state index in [2.05, 4.69) is 55.0 Å². The molecule has 0 bridgehead atoms. The molecule has 33 heavy (non-hydrogen) atoms. The van der Waals surface area contributed by atoms with E-state index < -0.39 is 25.5 Å². The van der Waals surface area contributed by atoms with Crippen LogP contribution in [0.4, 0.5) is 13.2 Å². The fourth-order valence-corrected chi connectivity index (χ4v) is 7.37. The van der Waals surface area contributed by atoms with Crippen LogP contribution in [-0.2, 0) is 0 Å². The first-order chi connectivity index (χ1) is 15.7. The van der Waals surface area contributed by atoms with E-state index in [4.69, 9.17) is 0 Å². The van der Waals surface area contributed by atoms with Crippen molar-refractivity contribution in [3.8, 4) is 21.7 Å². The minimum atomic E-state index is -1.67. The molecule has 2 aromatic heterocycles. The second kappa shape index (κ2) is 7.82. The maximum Gasteiger partial charge on any atom is 0.170 e. The molecule has 3 aromatic carbocycles. The van der Waals surface area contributed by atoms with Gasteiger partial charge in [0.05, 0.1) is 24.0 Å². The molecule has 6 heteroatoms. The topological polar surface area (TPSA) is 12.9 Å². The highest BCUT2D eigenvalue weighted by atomic mass is 32.1. The number of pyridine rings is 1. The quantitative estimate of drug-likeness (QED) is 0.189. The van der Waals surface area contributed by atoms with Crippen LogP contribution in [0, 0.1) is 24.4 Å². The van der Waals surface area contributed by atoms with Gasteiger partial charge in [0.25, 0.3) is 0 Å². The summed E-state index contributed by atoms with van der Waals surface area (Å²) >= 11 is 1.26. The Labute approximate surface area is 195 Å². The first-order valence-corrected chi connectivity index (χ1v) is 15.0. The molecular weight excluding hydrogens is 455 g/mol. The fraction of sp³-hybridized carbons (Fsp3) is 0.148. The van der Waals surface area contributed by atoms with Crippen LogP contribution in [0.5, 0.6) is 0 Å². The van der Waals surface area contributed by atoms with Crippen molar-refractivity contribution in [2.75, 3.05) is 0 Å². The summed E-state index contributed by atoms with van der Waals surface area (Å²) in [5.41, 5.74) is 2.15. The van der Waals surface area contributed by atoms with Crippen molar-refractivity contribution in [3.05, 3.63) is 83.8 Å². The molecule has 0 aliphatic rings. The molecule has 0 spiro atoms. The van der Waals surface area contributed by atoms with Gasteiger partial charge in [-0.3, -0.25) is 4.98 Å². The number of fused-ring (bicyclic) bond motifs is 2. The number of thiophene rings is 1. The number of benzene rings is 3. The predicted octanol–water partition coefficient (Wildman–Crippen LogP) is 8.05. The Morgan fingerprint density at radius 2 is 1.58 bits per heavy atom. The molecule has 5 rings (SSSR count). The SMILES string of the molecule is Cc1c(-c2c(F)ccc(F)c2F)sc2c(-c3cc([Si](C)(C)C)c4ccccc4c3)nccc12. The summed E-state index contributed by atoms with van der Waals surface area (Å²) in [5.74, 6) is -2.99. The second-order valence-electron chi connectivity index (χ2n) is 9.31. The zero-order chi connectivity index (χ0) is 23.5. The molecule has 2 heterocycles. The van der Waals surface area contributed by atoms with Gasteiger partial charge in [-0.1, -0.05) is 55.2 Å². The highest BCUT2D eigenvalue weighted by Crippen LogP contribution is 2.44. The van der Waals surface area contributed by atoms with Crippen molar-refractivity contribution in [1.29, 1.82) is 0 Å². The molecule has 0 saturated carbocycles. The monoisotopic (exact) mass is 477 g/mol. The summed E-state index contributed by atoms with van der Waals surface area (Å²) in [5, 5.41) is 4.59. The molecular formula is C27H22F3NSSi. The van der Waals surface area contributed by atoms with Gasteiger partial charge in [0.1, 0.15) is 5.82 Å². The lowest BCUT2D eigenvalue weighted by atomic mass is 10.0. The summed E-state index contributed by atoms with van der Waals surface area (Å²) in [4.78, 5) is 5.07. The molecule has 166 valence electrons. The first-order valence-electron chi connectivity index (χ1n) is 10.7. The van der Waals surface area contributed by atoms with E-state index in [1.54, 1.807) is 6.20 Å². The zero-order valence-electron chi connectivity index (χ0n) is 18.8.